The molecule has 0 spiro atoms. The van der Waals surface area contributed by atoms with Gasteiger partial charge in [0.05, 0.1) is 0 Å². The van der Waals surface area contributed by atoms with E-state index in [-0.39, 0.29) is 0 Å². The quantitative estimate of drug-likeness (QED) is 0.233. The fraction of sp³-hybridized carbons (Fsp3) is 0.625. The topological polar surface area (TPSA) is 17.1 Å². The average molecular weight is 252 g/mol. The normalized spacial score (nSPS) is 10.5. The number of rotatable bonds is 6. The van der Waals surface area contributed by atoms with Crippen LogP contribution < -0.4 is 0 Å². The Morgan fingerprint density at radius 2 is 2.00 bits per heavy atom. The Kier molecular flexibility index (Phi) is 9.27. The van der Waals surface area contributed by atoms with Crippen molar-refractivity contribution in [3.63, 3.8) is 0 Å². The second-order valence-electron chi connectivity index (χ2n) is 2.10. The van der Waals surface area contributed by atoms with Gasteiger partial charge in [-0.15, -0.1) is 0 Å². The van der Waals surface area contributed by atoms with Crippen molar-refractivity contribution in [2.24, 2.45) is 0 Å². The van der Waals surface area contributed by atoms with Crippen LogP contribution in [0.4, 0.5) is 0 Å². The van der Waals surface area contributed by atoms with E-state index in [2.05, 4.69) is 22.6 Å². The molecule has 10 heavy (non-hydrogen) atoms. The summed E-state index contributed by atoms with van der Waals surface area (Å²) in [4.78, 5) is 9.81. The highest BCUT2D eigenvalue weighted by Crippen LogP contribution is 2.02. The summed E-state index contributed by atoms with van der Waals surface area (Å²) in [5.74, 6) is 0. The van der Waals surface area contributed by atoms with Crippen molar-refractivity contribution in [1.29, 1.82) is 0 Å². The molecule has 0 aliphatic rings. The molecule has 0 bridgehead atoms. The van der Waals surface area contributed by atoms with E-state index in [1.807, 2.05) is 6.08 Å². The zero-order valence-corrected chi connectivity index (χ0v) is 8.21. The summed E-state index contributed by atoms with van der Waals surface area (Å²) < 4.78 is 1.25. The SMILES string of the molecule is O=C/C=C\CCCCCI. The highest BCUT2D eigenvalue weighted by molar-refractivity contribution is 14.1. The van der Waals surface area contributed by atoms with E-state index in [0.29, 0.717) is 0 Å². The predicted molar refractivity (Wildman–Crippen MR) is 52.6 cm³/mol. The van der Waals surface area contributed by atoms with Crippen LogP contribution in [0.5, 0.6) is 0 Å². The molecule has 0 unspecified atom stereocenters. The molecule has 0 saturated heterocycles. The first-order valence-corrected chi connectivity index (χ1v) is 5.10. The Balaban J connectivity index is 2.90. The number of carbonyl (C=O) groups excluding carboxylic acids is 1. The maximum atomic E-state index is 9.81. The lowest BCUT2D eigenvalue weighted by Crippen LogP contribution is -1.75. The molecule has 2 heteroatoms. The third kappa shape index (κ3) is 8.14. The number of halogens is 1. The molecule has 0 heterocycles. The molecule has 1 nitrogen and oxygen atoms in total. The van der Waals surface area contributed by atoms with E-state index in [0.717, 1.165) is 12.7 Å². The van der Waals surface area contributed by atoms with Gasteiger partial charge in [0.2, 0.25) is 0 Å². The molecule has 0 aromatic heterocycles. The lowest BCUT2D eigenvalue weighted by Gasteiger charge is -1.91. The summed E-state index contributed by atoms with van der Waals surface area (Å²) in [6.45, 7) is 0. The molecule has 0 atom stereocenters. The fourth-order valence-corrected chi connectivity index (χ4v) is 1.22. The molecule has 0 N–H and O–H groups in total. The summed E-state index contributed by atoms with van der Waals surface area (Å²) in [6, 6.07) is 0. The maximum Gasteiger partial charge on any atom is 0.142 e. The molecule has 58 valence electrons. The number of carbonyl (C=O) groups is 1. The number of unbranched alkanes of at least 4 members (excludes halogenated alkanes) is 3. The van der Waals surface area contributed by atoms with Crippen LogP contribution in [0.15, 0.2) is 12.2 Å². The standard InChI is InChI=1S/C8H13IO/c9-7-5-3-1-2-4-6-8-10/h4,6,8H,1-3,5,7H2/b6-4-. The average Bonchev–Trinajstić information content (AvgIpc) is 1.97. The summed E-state index contributed by atoms with van der Waals surface area (Å²) in [5, 5.41) is 0. The Hall–Kier alpha value is 0.140. The van der Waals surface area contributed by atoms with E-state index in [9.17, 15) is 4.79 Å². The zero-order chi connectivity index (χ0) is 7.66. The van der Waals surface area contributed by atoms with Gasteiger partial charge in [-0.25, -0.2) is 0 Å². The van der Waals surface area contributed by atoms with E-state index < -0.39 is 0 Å². The number of alkyl halides is 1. The predicted octanol–water partition coefficient (Wildman–Crippen LogP) is 2.74. The number of allylic oxidation sites excluding steroid dienone is 2. The molecule has 0 amide bonds. The zero-order valence-electron chi connectivity index (χ0n) is 6.05. The van der Waals surface area contributed by atoms with Crippen molar-refractivity contribution >= 4 is 28.9 Å². The van der Waals surface area contributed by atoms with E-state index >= 15 is 0 Å². The smallest absolute Gasteiger partial charge is 0.142 e. The first-order chi connectivity index (χ1) is 4.91. The second kappa shape index (κ2) is 9.14. The van der Waals surface area contributed by atoms with Gasteiger partial charge in [0.25, 0.3) is 0 Å². The Bertz CT molecular complexity index is 99.4. The van der Waals surface area contributed by atoms with Gasteiger partial charge in [-0.1, -0.05) is 35.1 Å². The third-order valence-corrected chi connectivity index (χ3v) is 1.98. The van der Waals surface area contributed by atoms with Crippen LogP contribution in [-0.4, -0.2) is 10.7 Å². The van der Waals surface area contributed by atoms with Crippen molar-refractivity contribution in [3.05, 3.63) is 12.2 Å². The minimum Gasteiger partial charge on any atom is -0.299 e. The van der Waals surface area contributed by atoms with Crippen molar-refractivity contribution in [2.45, 2.75) is 25.7 Å². The lowest BCUT2D eigenvalue weighted by atomic mass is 10.2. The summed E-state index contributed by atoms with van der Waals surface area (Å²) in [5.41, 5.74) is 0. The van der Waals surface area contributed by atoms with E-state index in [1.165, 1.54) is 23.7 Å². The van der Waals surface area contributed by atoms with Crippen LogP contribution in [0.25, 0.3) is 0 Å². The van der Waals surface area contributed by atoms with E-state index in [1.54, 1.807) is 6.08 Å². The summed E-state index contributed by atoms with van der Waals surface area (Å²) in [7, 11) is 0. The van der Waals surface area contributed by atoms with Gasteiger partial charge in [0.1, 0.15) is 6.29 Å². The van der Waals surface area contributed by atoms with Crippen molar-refractivity contribution in [1.82, 2.24) is 0 Å². The molecule has 0 aliphatic carbocycles. The summed E-state index contributed by atoms with van der Waals surface area (Å²) in [6.07, 6.45) is 9.19. The molecule has 0 aromatic rings. The monoisotopic (exact) mass is 252 g/mol. The van der Waals surface area contributed by atoms with Gasteiger partial charge in [-0.05, 0) is 29.8 Å². The highest BCUT2D eigenvalue weighted by Gasteiger charge is 1.83. The Morgan fingerprint density at radius 3 is 2.60 bits per heavy atom. The highest BCUT2D eigenvalue weighted by atomic mass is 127. The van der Waals surface area contributed by atoms with Crippen LogP contribution in [0.2, 0.25) is 0 Å². The minimum absolute atomic E-state index is 0.832. The Morgan fingerprint density at radius 1 is 1.20 bits per heavy atom. The van der Waals surface area contributed by atoms with Gasteiger partial charge in [0, 0.05) is 0 Å². The van der Waals surface area contributed by atoms with Crippen LogP contribution in [0.1, 0.15) is 25.7 Å². The van der Waals surface area contributed by atoms with Crippen molar-refractivity contribution < 1.29 is 4.79 Å². The molecule has 0 radical (unpaired) electrons. The van der Waals surface area contributed by atoms with Crippen LogP contribution in [0, 0.1) is 0 Å². The van der Waals surface area contributed by atoms with Gasteiger partial charge in [-0.3, -0.25) is 4.79 Å². The summed E-state index contributed by atoms with van der Waals surface area (Å²) >= 11 is 2.38. The molecule has 0 aliphatic heterocycles. The maximum absolute atomic E-state index is 9.81. The van der Waals surface area contributed by atoms with E-state index in [4.69, 9.17) is 0 Å². The lowest BCUT2D eigenvalue weighted by molar-refractivity contribution is -0.104. The largest absolute Gasteiger partial charge is 0.299 e. The van der Waals surface area contributed by atoms with Crippen LogP contribution in [0.3, 0.4) is 0 Å². The Labute approximate surface area is 76.0 Å². The van der Waals surface area contributed by atoms with Crippen LogP contribution in [-0.2, 0) is 4.79 Å². The molecule has 0 fully saturated rings. The third-order valence-electron chi connectivity index (χ3n) is 1.22. The van der Waals surface area contributed by atoms with Crippen molar-refractivity contribution in [3.8, 4) is 0 Å². The van der Waals surface area contributed by atoms with Crippen LogP contribution >= 0.6 is 22.6 Å². The molecule has 0 saturated carbocycles. The van der Waals surface area contributed by atoms with Crippen molar-refractivity contribution in [2.75, 3.05) is 4.43 Å². The number of hydrogen-bond acceptors (Lipinski definition) is 1. The second-order valence-corrected chi connectivity index (χ2v) is 3.18. The van der Waals surface area contributed by atoms with Gasteiger partial charge < -0.3 is 0 Å². The molecule has 0 rings (SSSR count). The van der Waals surface area contributed by atoms with Gasteiger partial charge >= 0.3 is 0 Å². The fourth-order valence-electron chi connectivity index (χ4n) is 0.685. The molecular formula is C8H13IO. The first-order valence-electron chi connectivity index (χ1n) is 3.58. The molecular weight excluding hydrogens is 239 g/mol. The first kappa shape index (κ1) is 10.1. The number of aldehydes is 1. The van der Waals surface area contributed by atoms with Gasteiger partial charge in [-0.2, -0.15) is 0 Å². The molecule has 0 aromatic carbocycles. The number of hydrogen-bond donors (Lipinski definition) is 0. The van der Waals surface area contributed by atoms with Gasteiger partial charge in [0.15, 0.2) is 0 Å². The minimum atomic E-state index is 0.832.